The van der Waals surface area contributed by atoms with Crippen molar-refractivity contribution in [2.45, 2.75) is 13.0 Å². The van der Waals surface area contributed by atoms with Gasteiger partial charge in [-0.1, -0.05) is 12.1 Å². The van der Waals surface area contributed by atoms with Gasteiger partial charge in [-0.3, -0.25) is 4.79 Å². The number of nitrogens with two attached hydrogens (primary N) is 1. The second-order valence-corrected chi connectivity index (χ2v) is 3.83. The number of amides is 1. The van der Waals surface area contributed by atoms with Crippen molar-refractivity contribution in [2.24, 2.45) is 0 Å². The van der Waals surface area contributed by atoms with Gasteiger partial charge in [0.2, 0.25) is 5.91 Å². The van der Waals surface area contributed by atoms with Gasteiger partial charge in [-0.05, 0) is 23.8 Å². The predicted molar refractivity (Wildman–Crippen MR) is 65.1 cm³/mol. The van der Waals surface area contributed by atoms with Crippen molar-refractivity contribution in [1.82, 2.24) is 5.32 Å². The van der Waals surface area contributed by atoms with Crippen molar-refractivity contribution in [3.8, 4) is 0 Å². The molecule has 2 aromatic rings. The van der Waals surface area contributed by atoms with E-state index < -0.39 is 0 Å². The van der Waals surface area contributed by atoms with E-state index in [0.717, 1.165) is 11.1 Å². The number of anilines is 1. The first-order valence-corrected chi connectivity index (χ1v) is 5.36. The molecule has 4 nitrogen and oxygen atoms in total. The Hall–Kier alpha value is -2.23. The van der Waals surface area contributed by atoms with Crippen LogP contribution in [0.15, 0.2) is 47.3 Å². The van der Waals surface area contributed by atoms with Crippen LogP contribution >= 0.6 is 0 Å². The Balaban J connectivity index is 1.83. The summed E-state index contributed by atoms with van der Waals surface area (Å²) in [5.74, 6) is -0.0176. The largest absolute Gasteiger partial charge is 0.472 e. The minimum Gasteiger partial charge on any atom is -0.472 e. The maximum absolute atomic E-state index is 11.6. The molecule has 0 unspecified atom stereocenters. The van der Waals surface area contributed by atoms with Crippen molar-refractivity contribution in [1.29, 1.82) is 0 Å². The van der Waals surface area contributed by atoms with Crippen LogP contribution in [-0.4, -0.2) is 5.91 Å². The van der Waals surface area contributed by atoms with E-state index in [-0.39, 0.29) is 5.91 Å². The molecule has 1 heterocycles. The smallest absolute Gasteiger partial charge is 0.224 e. The molecule has 0 fully saturated rings. The molecule has 0 radical (unpaired) electrons. The summed E-state index contributed by atoms with van der Waals surface area (Å²) in [4.78, 5) is 11.6. The number of carbonyl (C=O) groups is 1. The average molecular weight is 230 g/mol. The van der Waals surface area contributed by atoms with Gasteiger partial charge in [-0.25, -0.2) is 0 Å². The molecule has 88 valence electrons. The molecule has 1 aromatic heterocycles. The van der Waals surface area contributed by atoms with E-state index in [0.29, 0.717) is 18.7 Å². The summed E-state index contributed by atoms with van der Waals surface area (Å²) in [6.45, 7) is 0.490. The highest BCUT2D eigenvalue weighted by Crippen LogP contribution is 2.06. The van der Waals surface area contributed by atoms with Gasteiger partial charge in [0, 0.05) is 17.8 Å². The lowest BCUT2D eigenvalue weighted by atomic mass is 10.1. The average Bonchev–Trinajstić information content (AvgIpc) is 2.83. The Bertz CT molecular complexity index is 475. The number of nitrogens with one attached hydrogen (secondary N) is 1. The van der Waals surface area contributed by atoms with Crippen LogP contribution in [0.5, 0.6) is 0 Å². The third-order valence-corrected chi connectivity index (χ3v) is 2.41. The van der Waals surface area contributed by atoms with Crippen LogP contribution in [0.25, 0.3) is 0 Å². The summed E-state index contributed by atoms with van der Waals surface area (Å²) in [7, 11) is 0. The number of nitrogen functional groups attached to an aromatic ring is 1. The molecular weight excluding hydrogens is 216 g/mol. The number of furan rings is 1. The lowest BCUT2D eigenvalue weighted by Crippen LogP contribution is -2.24. The van der Waals surface area contributed by atoms with E-state index in [4.69, 9.17) is 10.2 Å². The number of rotatable bonds is 4. The first-order chi connectivity index (χ1) is 8.24. The first-order valence-electron chi connectivity index (χ1n) is 5.36. The van der Waals surface area contributed by atoms with Crippen LogP contribution in [0.4, 0.5) is 5.69 Å². The minimum atomic E-state index is -0.0176. The molecule has 0 aliphatic heterocycles. The van der Waals surface area contributed by atoms with Crippen molar-refractivity contribution in [3.05, 3.63) is 54.0 Å². The molecule has 0 bridgehead atoms. The molecule has 0 aliphatic carbocycles. The van der Waals surface area contributed by atoms with Gasteiger partial charge in [0.05, 0.1) is 18.9 Å². The van der Waals surface area contributed by atoms with Gasteiger partial charge in [-0.15, -0.1) is 0 Å². The monoisotopic (exact) mass is 230 g/mol. The Kier molecular flexibility index (Phi) is 3.45. The number of carbonyl (C=O) groups excluding carboxylic acids is 1. The zero-order valence-corrected chi connectivity index (χ0v) is 9.35. The lowest BCUT2D eigenvalue weighted by molar-refractivity contribution is -0.120. The molecule has 1 amide bonds. The van der Waals surface area contributed by atoms with Crippen LogP contribution in [-0.2, 0) is 17.8 Å². The van der Waals surface area contributed by atoms with Crippen molar-refractivity contribution in [3.63, 3.8) is 0 Å². The van der Waals surface area contributed by atoms with Crippen LogP contribution in [0.3, 0.4) is 0 Å². The summed E-state index contributed by atoms with van der Waals surface area (Å²) >= 11 is 0. The fourth-order valence-electron chi connectivity index (χ4n) is 1.48. The topological polar surface area (TPSA) is 68.3 Å². The summed E-state index contributed by atoms with van der Waals surface area (Å²) in [5.41, 5.74) is 8.17. The Morgan fingerprint density at radius 3 is 2.59 bits per heavy atom. The maximum atomic E-state index is 11.6. The second kappa shape index (κ2) is 5.21. The molecule has 0 aliphatic rings. The maximum Gasteiger partial charge on any atom is 0.224 e. The fraction of sp³-hybridized carbons (Fsp3) is 0.154. The highest BCUT2D eigenvalue weighted by Gasteiger charge is 2.03. The number of hydrogen-bond donors (Lipinski definition) is 2. The molecule has 4 heteroatoms. The van der Waals surface area contributed by atoms with E-state index in [9.17, 15) is 4.79 Å². The van der Waals surface area contributed by atoms with Gasteiger partial charge in [0.25, 0.3) is 0 Å². The zero-order chi connectivity index (χ0) is 12.1. The number of benzene rings is 1. The van der Waals surface area contributed by atoms with Gasteiger partial charge in [0.1, 0.15) is 0 Å². The summed E-state index contributed by atoms with van der Waals surface area (Å²) in [6.07, 6.45) is 3.56. The second-order valence-electron chi connectivity index (χ2n) is 3.83. The van der Waals surface area contributed by atoms with E-state index in [2.05, 4.69) is 5.32 Å². The van der Waals surface area contributed by atoms with Crippen molar-refractivity contribution >= 4 is 11.6 Å². The van der Waals surface area contributed by atoms with Crippen molar-refractivity contribution in [2.75, 3.05) is 5.73 Å². The summed E-state index contributed by atoms with van der Waals surface area (Å²) in [6, 6.07) is 9.11. The Morgan fingerprint density at radius 1 is 1.18 bits per heavy atom. The van der Waals surface area contributed by atoms with E-state index in [1.54, 1.807) is 24.7 Å². The summed E-state index contributed by atoms with van der Waals surface area (Å²) < 4.78 is 4.91. The molecule has 0 spiro atoms. The molecule has 3 N–H and O–H groups in total. The summed E-state index contributed by atoms with van der Waals surface area (Å²) in [5, 5.41) is 2.82. The molecule has 2 rings (SSSR count). The third kappa shape index (κ3) is 3.38. The van der Waals surface area contributed by atoms with E-state index in [1.165, 1.54) is 0 Å². The van der Waals surface area contributed by atoms with Crippen molar-refractivity contribution < 1.29 is 9.21 Å². The third-order valence-electron chi connectivity index (χ3n) is 2.41. The van der Waals surface area contributed by atoms with Gasteiger partial charge in [-0.2, -0.15) is 0 Å². The lowest BCUT2D eigenvalue weighted by Gasteiger charge is -2.04. The molecular formula is C13H14N2O2. The molecule has 0 atom stereocenters. The Morgan fingerprint density at radius 2 is 1.94 bits per heavy atom. The number of hydrogen-bond acceptors (Lipinski definition) is 3. The fourth-order valence-corrected chi connectivity index (χ4v) is 1.48. The first kappa shape index (κ1) is 11.3. The van der Waals surface area contributed by atoms with E-state index in [1.807, 2.05) is 18.2 Å². The van der Waals surface area contributed by atoms with Gasteiger partial charge in [0.15, 0.2) is 0 Å². The minimum absolute atomic E-state index is 0.0176. The highest BCUT2D eigenvalue weighted by molar-refractivity contribution is 5.78. The standard InChI is InChI=1S/C13H14N2O2/c14-12-3-1-10(2-4-12)7-13(16)15-8-11-5-6-17-9-11/h1-6,9H,7-8,14H2,(H,15,16). The highest BCUT2D eigenvalue weighted by atomic mass is 16.3. The van der Waals surface area contributed by atoms with Crippen LogP contribution in [0, 0.1) is 0 Å². The van der Waals surface area contributed by atoms with Gasteiger partial charge >= 0.3 is 0 Å². The van der Waals surface area contributed by atoms with Gasteiger partial charge < -0.3 is 15.5 Å². The molecule has 17 heavy (non-hydrogen) atoms. The molecule has 1 aromatic carbocycles. The van der Waals surface area contributed by atoms with Crippen LogP contribution in [0.2, 0.25) is 0 Å². The SMILES string of the molecule is Nc1ccc(CC(=O)NCc2ccoc2)cc1. The normalized spacial score (nSPS) is 10.1. The zero-order valence-electron chi connectivity index (χ0n) is 9.35. The predicted octanol–water partition coefficient (Wildman–Crippen LogP) is 1.72. The molecule has 0 saturated heterocycles. The van der Waals surface area contributed by atoms with E-state index >= 15 is 0 Å². The van der Waals surface area contributed by atoms with Crippen LogP contribution < -0.4 is 11.1 Å². The Labute approximate surface area is 99.4 Å². The quantitative estimate of drug-likeness (QED) is 0.786. The van der Waals surface area contributed by atoms with Crippen LogP contribution in [0.1, 0.15) is 11.1 Å². The molecule has 0 saturated carbocycles.